The second kappa shape index (κ2) is 31.6. The van der Waals surface area contributed by atoms with E-state index in [1.54, 1.807) is 0 Å². The molecule has 9 heterocycles. The van der Waals surface area contributed by atoms with Crippen LogP contribution in [0.5, 0.6) is 0 Å². The zero-order chi connectivity index (χ0) is 68.1. The van der Waals surface area contributed by atoms with Crippen molar-refractivity contribution in [1.29, 1.82) is 0 Å². The lowest BCUT2D eigenvalue weighted by atomic mass is 9.88. The van der Waals surface area contributed by atoms with Crippen LogP contribution in [0.1, 0.15) is 256 Å². The fourth-order valence-corrected chi connectivity index (χ4v) is 18.4. The quantitative estimate of drug-likeness (QED) is 0.0212. The summed E-state index contributed by atoms with van der Waals surface area (Å²) in [5.41, 5.74) is 17.0. The highest BCUT2D eigenvalue weighted by Gasteiger charge is 2.46. The van der Waals surface area contributed by atoms with Crippen LogP contribution in [0, 0.1) is 11.8 Å². The zero-order valence-corrected chi connectivity index (χ0v) is 59.0. The van der Waals surface area contributed by atoms with E-state index in [4.69, 9.17) is 19.7 Å². The van der Waals surface area contributed by atoms with Crippen molar-refractivity contribution in [3.05, 3.63) is 164 Å². The number of nitrogens with zero attached hydrogens (tertiary/aromatic N) is 6. The van der Waals surface area contributed by atoms with Gasteiger partial charge < -0.3 is 36.0 Å². The van der Waals surface area contributed by atoms with Crippen molar-refractivity contribution in [3.8, 4) is 11.1 Å². The molecule has 6 N–H and O–H groups in total. The molecule has 2 unspecified atom stereocenters. The van der Waals surface area contributed by atoms with E-state index in [0.29, 0.717) is 43.4 Å². The Morgan fingerprint density at radius 2 is 1.01 bits per heavy atom. The highest BCUT2D eigenvalue weighted by atomic mass is 16.5. The first-order valence-corrected chi connectivity index (χ1v) is 39.1. The molecule has 16 nitrogen and oxygen atoms in total. The number of ether oxygens (including phenoxy) is 1. The average molecular weight is 1350 g/mol. The molecule has 6 fully saturated rings. The van der Waals surface area contributed by atoms with Gasteiger partial charge in [0.15, 0.2) is 0 Å². The van der Waals surface area contributed by atoms with Gasteiger partial charge in [0.2, 0.25) is 0 Å². The second-order valence-electron chi connectivity index (χ2n) is 31.4. The topological polar surface area (TPSA) is 206 Å². The lowest BCUT2D eigenvalue weighted by molar-refractivity contribution is -0.144. The van der Waals surface area contributed by atoms with Crippen LogP contribution in [-0.4, -0.2) is 134 Å². The Bertz CT molecular complexity index is 3890. The van der Waals surface area contributed by atoms with Crippen molar-refractivity contribution in [3.63, 3.8) is 0 Å². The Morgan fingerprint density at radius 1 is 0.480 bits per heavy atom. The summed E-state index contributed by atoms with van der Waals surface area (Å²) in [4.78, 5) is 62.2. The zero-order valence-electron chi connectivity index (χ0n) is 59.0. The van der Waals surface area contributed by atoms with E-state index in [0.717, 1.165) is 281 Å². The van der Waals surface area contributed by atoms with Gasteiger partial charge >= 0.3 is 17.9 Å². The Hall–Kier alpha value is -7.24. The molecule has 15 rings (SSSR count). The smallest absolute Gasteiger partial charge is 0.325 e. The number of aryl methyl sites for hydroxylation is 5. The number of benzene rings is 3. The van der Waals surface area contributed by atoms with Crippen LogP contribution in [0.25, 0.3) is 11.1 Å². The molecule has 0 amide bonds. The molecule has 9 aliphatic rings. The van der Waals surface area contributed by atoms with Gasteiger partial charge in [-0.3, -0.25) is 29.1 Å². The lowest BCUT2D eigenvalue weighted by Crippen LogP contribution is -2.34. The Labute approximate surface area is 592 Å². The lowest BCUT2D eigenvalue weighted by Gasteiger charge is -2.28. The number of carbonyl (C=O) groups is 3. The van der Waals surface area contributed by atoms with Gasteiger partial charge in [-0.05, 0) is 282 Å². The predicted molar refractivity (Wildman–Crippen MR) is 394 cm³/mol. The summed E-state index contributed by atoms with van der Waals surface area (Å²) in [6.45, 7) is 7.99. The molecule has 0 bridgehead atoms. The first-order chi connectivity index (χ1) is 49.0. The minimum absolute atomic E-state index is 0.00313. The number of likely N-dealkylation sites (tertiary alicyclic amines) is 3. The first-order valence-electron chi connectivity index (χ1n) is 39.1. The van der Waals surface area contributed by atoms with Crippen LogP contribution in [0.4, 0.5) is 17.5 Å². The van der Waals surface area contributed by atoms with Gasteiger partial charge in [0.25, 0.3) is 0 Å². The number of pyridine rings is 3. The number of carboxylic acid groups (broad SMARTS) is 3. The summed E-state index contributed by atoms with van der Waals surface area (Å²) >= 11 is 0. The number of aromatic nitrogens is 3. The maximum atomic E-state index is 13.7. The third-order valence-corrected chi connectivity index (χ3v) is 24.1. The molecule has 6 aromatic rings. The summed E-state index contributed by atoms with van der Waals surface area (Å²) in [5, 5.41) is 43.8. The van der Waals surface area contributed by atoms with Gasteiger partial charge in [-0.2, -0.15) is 0 Å². The summed E-state index contributed by atoms with van der Waals surface area (Å²) in [7, 11) is 0. The van der Waals surface area contributed by atoms with Gasteiger partial charge in [-0.25, -0.2) is 15.0 Å². The molecule has 3 saturated carbocycles. The van der Waals surface area contributed by atoms with Crippen molar-refractivity contribution in [2.45, 2.75) is 228 Å². The Balaban J connectivity index is 0.540. The second-order valence-corrected chi connectivity index (χ2v) is 31.4. The monoisotopic (exact) mass is 1350 g/mol. The van der Waals surface area contributed by atoms with Crippen molar-refractivity contribution in [2.75, 3.05) is 81.5 Å². The average Bonchev–Trinajstić information content (AvgIpc) is 1.57. The number of fused-ring (bicyclic) bond motifs is 3. The number of aliphatic carboxylic acids is 3. The molecule has 8 atom stereocenters. The number of hydrogen-bond acceptors (Lipinski definition) is 13. The number of anilines is 3. The largest absolute Gasteiger partial charge is 0.480 e. The fourth-order valence-electron chi connectivity index (χ4n) is 18.4. The van der Waals surface area contributed by atoms with E-state index in [2.05, 4.69) is 103 Å². The van der Waals surface area contributed by atoms with Crippen molar-refractivity contribution in [2.24, 2.45) is 11.8 Å². The minimum atomic E-state index is -0.832. The summed E-state index contributed by atoms with van der Waals surface area (Å²) in [5.74, 6) is 2.85. The highest BCUT2D eigenvalue weighted by molar-refractivity contribution is 5.80. The molecule has 3 saturated heterocycles. The molecular weight excluding hydrogens is 1250 g/mol. The molecule has 3 aromatic heterocycles. The molecule has 530 valence electrons. The van der Waals surface area contributed by atoms with Crippen LogP contribution in [0.2, 0.25) is 0 Å². The van der Waals surface area contributed by atoms with Crippen LogP contribution in [0.3, 0.4) is 0 Å². The number of nitrogens with one attached hydrogen (secondary N) is 3. The molecular formula is C84H107N9O7. The molecule has 0 spiro atoms. The highest BCUT2D eigenvalue weighted by Crippen LogP contribution is 2.58. The molecule has 3 aromatic carbocycles. The molecule has 6 aliphatic heterocycles. The minimum Gasteiger partial charge on any atom is -0.480 e. The maximum absolute atomic E-state index is 13.7. The number of rotatable bonds is 33. The summed E-state index contributed by atoms with van der Waals surface area (Å²) < 4.78 is 6.41. The van der Waals surface area contributed by atoms with E-state index >= 15 is 0 Å². The summed E-state index contributed by atoms with van der Waals surface area (Å²) in [6, 6.07) is 30.7. The summed E-state index contributed by atoms with van der Waals surface area (Å²) in [6.07, 6.45) is 29.4. The van der Waals surface area contributed by atoms with E-state index in [1.165, 1.54) is 45.5 Å². The number of hydrogen-bond donors (Lipinski definition) is 6. The van der Waals surface area contributed by atoms with Crippen LogP contribution in [-0.2, 0) is 57.6 Å². The number of carboxylic acids is 3. The molecule has 100 heavy (non-hydrogen) atoms. The first kappa shape index (κ1) is 68.5. The Kier molecular flexibility index (Phi) is 21.6. The van der Waals surface area contributed by atoms with Gasteiger partial charge in [0.05, 0.1) is 6.10 Å². The fraction of sp³-hybridized carbons (Fsp3) is 0.571. The van der Waals surface area contributed by atoms with Gasteiger partial charge in [0, 0.05) is 75.1 Å². The van der Waals surface area contributed by atoms with Crippen molar-refractivity contribution >= 4 is 35.4 Å². The van der Waals surface area contributed by atoms with Crippen molar-refractivity contribution < 1.29 is 34.4 Å². The maximum Gasteiger partial charge on any atom is 0.325 e. The van der Waals surface area contributed by atoms with E-state index in [9.17, 15) is 29.7 Å². The van der Waals surface area contributed by atoms with Gasteiger partial charge in [0.1, 0.15) is 35.6 Å². The normalized spacial score (nSPS) is 23.0. The van der Waals surface area contributed by atoms with Gasteiger partial charge in [-0.1, -0.05) is 98.8 Å². The van der Waals surface area contributed by atoms with Gasteiger partial charge in [-0.15, -0.1) is 0 Å². The Morgan fingerprint density at radius 3 is 1.63 bits per heavy atom. The third kappa shape index (κ3) is 16.2. The van der Waals surface area contributed by atoms with Crippen molar-refractivity contribution in [1.82, 2.24) is 29.7 Å². The van der Waals surface area contributed by atoms with E-state index < -0.39 is 36.0 Å². The molecule has 3 aliphatic carbocycles. The third-order valence-electron chi connectivity index (χ3n) is 24.1. The van der Waals surface area contributed by atoms with E-state index in [-0.39, 0.29) is 17.9 Å². The standard InChI is InChI=1S/C84H107N9O7/c94-82(95)76(93-45-39-65(53-93)100-46-11-3-8-20-63-34-30-59-18-13-41-86-80(59)89-63)69-23-10-9-22-68(69)73-50-72(73)61-32-36-67(57-27-28-57)75(48-61)78(84(98)99)92-44-38-55(52-92)16-5-2-7-21-64-49-71(70-24-14-42-87-81(70)90-64)60-31-35-66(56-25-26-56)74(47-60)77(83(96)97)91-43-37-54(51-91)15-4-1-6-19-62-33-29-58-17-12-40-85-79(58)88-62/h9-10,22-23,29-36,47-49,54-57,65,72-73,76-78H,1-8,11-21,24-28,37-46,50-53H2,(H,85,88)(H,86,89)(H,87,90)(H,94,95)(H,96,97)(H,98,99)/t54-,55-,65-,72?,73?,76-,77-,78+/m1/s1. The van der Waals surface area contributed by atoms with E-state index in [1.807, 2.05) is 18.2 Å². The SMILES string of the molecule is O=C(O)[C@H](c1cc(C2CC2c2ccccc2[C@H](C(=O)O)N2CC[C@@H](OCCCCCc3ccc4c(n3)NCCC4)C2)ccc1C1CC1)N1CC[C@@H](CCCCCc2cc(-c3ccc(C4CC4)c([C@H](C(=O)O)N4CC[C@@H](CCCCCc5ccc6c(n5)NCCC6)C4)c3)c3c(n2)NCCC3)C1. The van der Waals surface area contributed by atoms with Crippen LogP contribution < -0.4 is 16.0 Å². The predicted octanol–water partition coefficient (Wildman–Crippen LogP) is 15.8. The molecule has 0 radical (unpaired) electrons. The molecule has 16 heteroatoms. The van der Waals surface area contributed by atoms with Crippen LogP contribution >= 0.6 is 0 Å². The number of unbranched alkanes of at least 4 members (excludes halogenated alkanes) is 6. The van der Waals surface area contributed by atoms with Crippen LogP contribution in [0.15, 0.2) is 91.0 Å².